The number of carbonyl (C=O) groups excluding carboxylic acids is 1. The number of aromatic nitrogens is 5. The molecule has 0 fully saturated rings. The van der Waals surface area contributed by atoms with Crippen molar-refractivity contribution in [3.8, 4) is 5.69 Å². The highest BCUT2D eigenvalue weighted by Crippen LogP contribution is 2.23. The molecule has 0 N–H and O–H groups in total. The van der Waals surface area contributed by atoms with Crippen molar-refractivity contribution in [2.45, 2.75) is 33.7 Å². The van der Waals surface area contributed by atoms with Gasteiger partial charge in [-0.15, -0.1) is 0 Å². The molecule has 156 valence electrons. The van der Waals surface area contributed by atoms with E-state index in [0.717, 1.165) is 27.1 Å². The van der Waals surface area contributed by atoms with Crippen LogP contribution in [0.3, 0.4) is 0 Å². The summed E-state index contributed by atoms with van der Waals surface area (Å²) in [7, 11) is 2.75. The van der Waals surface area contributed by atoms with Crippen LogP contribution in [-0.2, 0) is 16.6 Å². The van der Waals surface area contributed by atoms with Crippen molar-refractivity contribution in [3.05, 3.63) is 62.1 Å². The molecule has 9 heteroatoms. The standard InChI is InChI=1S/C21H23N5O4/c1-11-7-12(2)9-15(8-11)25-13(3)10-24-16-17(22-20(24)25)23(5)21(29)26(18(16)27)14(4)19(28)30-6/h7-10,14H,1-6H3/t14-/m1/s1. The van der Waals surface area contributed by atoms with Crippen molar-refractivity contribution in [1.82, 2.24) is 23.1 Å². The van der Waals surface area contributed by atoms with Gasteiger partial charge in [0, 0.05) is 24.6 Å². The second-order valence-electron chi connectivity index (χ2n) is 7.62. The SMILES string of the molecule is COC(=O)[C@@H](C)n1c(=O)c2c(nc3n(-c4cc(C)cc(C)c4)c(C)cn23)n(C)c1=O. The number of benzene rings is 1. The zero-order valence-electron chi connectivity index (χ0n) is 17.8. The van der Waals surface area contributed by atoms with Gasteiger partial charge in [0.15, 0.2) is 11.2 Å². The summed E-state index contributed by atoms with van der Waals surface area (Å²) in [6.45, 7) is 7.43. The summed E-state index contributed by atoms with van der Waals surface area (Å²) >= 11 is 0. The van der Waals surface area contributed by atoms with Crippen LogP contribution in [0.2, 0.25) is 0 Å². The van der Waals surface area contributed by atoms with Crippen LogP contribution < -0.4 is 11.2 Å². The predicted molar refractivity (Wildman–Crippen MR) is 112 cm³/mol. The van der Waals surface area contributed by atoms with Crippen LogP contribution in [0.1, 0.15) is 29.8 Å². The second kappa shape index (κ2) is 6.72. The number of esters is 1. The van der Waals surface area contributed by atoms with Gasteiger partial charge in [-0.25, -0.2) is 14.2 Å². The number of methoxy groups -OCH3 is 1. The molecule has 0 aliphatic carbocycles. The van der Waals surface area contributed by atoms with Gasteiger partial charge in [0.05, 0.1) is 7.11 Å². The Hall–Kier alpha value is -3.62. The molecule has 4 rings (SSSR count). The summed E-state index contributed by atoms with van der Waals surface area (Å²) < 4.78 is 10.5. The summed E-state index contributed by atoms with van der Waals surface area (Å²) in [5.41, 5.74) is 3.29. The van der Waals surface area contributed by atoms with E-state index in [-0.39, 0.29) is 11.2 Å². The Bertz CT molecular complexity index is 1430. The molecule has 0 aliphatic rings. The Kier molecular flexibility index (Phi) is 4.41. The van der Waals surface area contributed by atoms with Gasteiger partial charge >= 0.3 is 11.7 Å². The van der Waals surface area contributed by atoms with E-state index in [9.17, 15) is 14.4 Å². The first kappa shape index (κ1) is 19.7. The monoisotopic (exact) mass is 409 g/mol. The molecule has 30 heavy (non-hydrogen) atoms. The lowest BCUT2D eigenvalue weighted by molar-refractivity contribution is -0.144. The molecule has 0 unspecified atom stereocenters. The summed E-state index contributed by atoms with van der Waals surface area (Å²) in [6.07, 6.45) is 1.81. The Balaban J connectivity index is 2.12. The maximum Gasteiger partial charge on any atom is 0.333 e. The average Bonchev–Trinajstić information content (AvgIpc) is 3.19. The highest BCUT2D eigenvalue weighted by atomic mass is 16.5. The molecule has 0 spiro atoms. The average molecular weight is 409 g/mol. The first-order valence-corrected chi connectivity index (χ1v) is 9.53. The Morgan fingerprint density at radius 3 is 2.33 bits per heavy atom. The van der Waals surface area contributed by atoms with Crippen LogP contribution in [0, 0.1) is 20.8 Å². The topological polar surface area (TPSA) is 92.5 Å². The second-order valence-corrected chi connectivity index (χ2v) is 7.62. The third kappa shape index (κ3) is 2.69. The van der Waals surface area contributed by atoms with Crippen LogP contribution >= 0.6 is 0 Å². The van der Waals surface area contributed by atoms with Gasteiger partial charge in [0.1, 0.15) is 6.04 Å². The normalized spacial score (nSPS) is 12.6. The number of fused-ring (bicyclic) bond motifs is 3. The van der Waals surface area contributed by atoms with E-state index in [1.54, 1.807) is 10.6 Å². The van der Waals surface area contributed by atoms with E-state index in [4.69, 9.17) is 4.74 Å². The maximum atomic E-state index is 13.3. The largest absolute Gasteiger partial charge is 0.467 e. The molecular weight excluding hydrogens is 386 g/mol. The third-order valence-corrected chi connectivity index (χ3v) is 5.37. The molecule has 3 heterocycles. The van der Waals surface area contributed by atoms with Crippen molar-refractivity contribution < 1.29 is 9.53 Å². The van der Waals surface area contributed by atoms with E-state index in [2.05, 4.69) is 11.1 Å². The molecule has 0 aliphatic heterocycles. The van der Waals surface area contributed by atoms with Crippen LogP contribution in [0.25, 0.3) is 22.6 Å². The lowest BCUT2D eigenvalue weighted by atomic mass is 10.1. The third-order valence-electron chi connectivity index (χ3n) is 5.37. The van der Waals surface area contributed by atoms with E-state index in [0.29, 0.717) is 5.78 Å². The fraction of sp³-hybridized carbons (Fsp3) is 0.333. The fourth-order valence-corrected chi connectivity index (χ4v) is 3.99. The minimum Gasteiger partial charge on any atom is -0.467 e. The molecule has 0 radical (unpaired) electrons. The summed E-state index contributed by atoms with van der Waals surface area (Å²) in [4.78, 5) is 42.7. The van der Waals surface area contributed by atoms with Crippen molar-refractivity contribution >= 4 is 22.9 Å². The van der Waals surface area contributed by atoms with Crippen LogP contribution in [-0.4, -0.2) is 36.2 Å². The van der Waals surface area contributed by atoms with E-state index < -0.39 is 23.3 Å². The van der Waals surface area contributed by atoms with Crippen LogP contribution in [0.15, 0.2) is 34.0 Å². The van der Waals surface area contributed by atoms with Gasteiger partial charge in [0.25, 0.3) is 5.56 Å². The van der Waals surface area contributed by atoms with Gasteiger partial charge in [-0.1, -0.05) is 6.07 Å². The van der Waals surface area contributed by atoms with E-state index in [1.807, 2.05) is 37.5 Å². The van der Waals surface area contributed by atoms with Gasteiger partial charge in [0.2, 0.25) is 5.78 Å². The molecule has 4 aromatic rings. The number of aryl methyl sites for hydroxylation is 4. The lowest BCUT2D eigenvalue weighted by Gasteiger charge is -2.13. The maximum absolute atomic E-state index is 13.3. The Morgan fingerprint density at radius 2 is 1.73 bits per heavy atom. The van der Waals surface area contributed by atoms with Gasteiger partial charge < -0.3 is 4.74 Å². The van der Waals surface area contributed by atoms with E-state index in [1.165, 1.54) is 25.6 Å². The molecule has 1 aromatic carbocycles. The van der Waals surface area contributed by atoms with Crippen LogP contribution in [0.4, 0.5) is 0 Å². The van der Waals surface area contributed by atoms with Gasteiger partial charge in [-0.3, -0.25) is 18.3 Å². The number of carbonyl (C=O) groups is 1. The number of nitrogens with zero attached hydrogens (tertiary/aromatic N) is 5. The Morgan fingerprint density at radius 1 is 1.10 bits per heavy atom. The van der Waals surface area contributed by atoms with E-state index >= 15 is 0 Å². The molecule has 0 amide bonds. The summed E-state index contributed by atoms with van der Waals surface area (Å²) in [6, 6.07) is 5.10. The van der Waals surface area contributed by atoms with Crippen molar-refractivity contribution in [2.75, 3.05) is 7.11 Å². The van der Waals surface area contributed by atoms with Gasteiger partial charge in [-0.05, 0) is 51.0 Å². The fourth-order valence-electron chi connectivity index (χ4n) is 3.99. The quantitative estimate of drug-likeness (QED) is 0.481. The van der Waals surface area contributed by atoms with Crippen molar-refractivity contribution in [2.24, 2.45) is 7.05 Å². The zero-order valence-corrected chi connectivity index (χ0v) is 17.8. The lowest BCUT2D eigenvalue weighted by Crippen LogP contribution is -2.43. The first-order valence-electron chi connectivity index (χ1n) is 9.53. The minimum atomic E-state index is -1.06. The molecule has 0 bridgehead atoms. The zero-order chi connectivity index (χ0) is 21.9. The minimum absolute atomic E-state index is 0.231. The van der Waals surface area contributed by atoms with Gasteiger partial charge in [-0.2, -0.15) is 4.98 Å². The number of hydrogen-bond acceptors (Lipinski definition) is 5. The number of imidazole rings is 2. The van der Waals surface area contributed by atoms with Crippen LogP contribution in [0.5, 0.6) is 0 Å². The highest BCUT2D eigenvalue weighted by Gasteiger charge is 2.26. The van der Waals surface area contributed by atoms with Crippen molar-refractivity contribution in [1.29, 1.82) is 0 Å². The number of ether oxygens (including phenoxy) is 1. The smallest absolute Gasteiger partial charge is 0.333 e. The molecule has 9 nitrogen and oxygen atoms in total. The Labute approximate surface area is 171 Å². The predicted octanol–water partition coefficient (Wildman–Crippen LogP) is 1.80. The molecular formula is C21H23N5O4. The van der Waals surface area contributed by atoms with Crippen molar-refractivity contribution in [3.63, 3.8) is 0 Å². The molecule has 3 aromatic heterocycles. The summed E-state index contributed by atoms with van der Waals surface area (Å²) in [5.74, 6) is -0.152. The number of rotatable bonds is 3. The summed E-state index contributed by atoms with van der Waals surface area (Å²) in [5, 5.41) is 0. The molecule has 1 atom stereocenters. The molecule has 0 saturated heterocycles. The molecule has 0 saturated carbocycles. The highest BCUT2D eigenvalue weighted by molar-refractivity contribution is 5.78. The first-order chi connectivity index (χ1) is 14.1. The number of hydrogen-bond donors (Lipinski definition) is 0.